The molecular formula is C24H29ClFN7O2. The summed E-state index contributed by atoms with van der Waals surface area (Å²) in [6, 6.07) is 9.66. The number of hydrogen-bond donors (Lipinski definition) is 5. The highest BCUT2D eigenvalue weighted by Gasteiger charge is 2.35. The Kier molecular flexibility index (Phi) is 7.54. The van der Waals surface area contributed by atoms with E-state index in [2.05, 4.69) is 26.6 Å². The number of hydrogen-bond acceptors (Lipinski definition) is 5. The largest absolute Gasteiger partial charge is 0.370 e. The molecule has 1 saturated heterocycles. The number of carbonyl (C=O) groups is 2. The summed E-state index contributed by atoms with van der Waals surface area (Å²) in [5.41, 5.74) is 20.4. The Balaban J connectivity index is 1.48. The van der Waals surface area contributed by atoms with Gasteiger partial charge in [0, 0.05) is 43.8 Å². The summed E-state index contributed by atoms with van der Waals surface area (Å²) in [4.78, 5) is 31.7. The van der Waals surface area contributed by atoms with Crippen molar-refractivity contribution in [3.05, 3.63) is 63.9 Å². The average Bonchev–Trinajstić information content (AvgIpc) is 3.37. The monoisotopic (exact) mass is 501 g/mol. The van der Waals surface area contributed by atoms with Gasteiger partial charge in [-0.25, -0.2) is 4.39 Å². The molecule has 8 N–H and O–H groups in total. The Labute approximate surface area is 207 Å². The number of fused-ring (bicyclic) bond motifs is 1. The third-order valence-corrected chi connectivity index (χ3v) is 6.70. The van der Waals surface area contributed by atoms with Crippen LogP contribution in [0.1, 0.15) is 29.2 Å². The molecule has 11 heteroatoms. The summed E-state index contributed by atoms with van der Waals surface area (Å²) in [5.74, 6) is -2.63. The van der Waals surface area contributed by atoms with Crippen molar-refractivity contribution in [2.24, 2.45) is 28.1 Å². The summed E-state index contributed by atoms with van der Waals surface area (Å²) in [5, 5.41) is 5.12. The van der Waals surface area contributed by atoms with Crippen LogP contribution < -0.4 is 27.8 Å². The van der Waals surface area contributed by atoms with E-state index >= 15 is 0 Å². The van der Waals surface area contributed by atoms with Crippen molar-refractivity contribution in [3.63, 3.8) is 0 Å². The van der Waals surface area contributed by atoms with E-state index < -0.39 is 23.7 Å². The number of carbonyl (C=O) groups excluding carboxylic acids is 2. The van der Waals surface area contributed by atoms with Gasteiger partial charge in [-0.1, -0.05) is 29.8 Å². The lowest BCUT2D eigenvalue weighted by Gasteiger charge is -2.21. The van der Waals surface area contributed by atoms with Crippen molar-refractivity contribution in [3.8, 4) is 0 Å². The molecule has 3 atom stereocenters. The number of benzene rings is 2. The molecule has 0 bridgehead atoms. The predicted octanol–water partition coefficient (Wildman–Crippen LogP) is 1.25. The molecule has 0 spiro atoms. The number of nitrogens with one attached hydrogen (secondary N) is 2. The number of rotatable bonds is 6. The van der Waals surface area contributed by atoms with Gasteiger partial charge in [-0.05, 0) is 47.7 Å². The van der Waals surface area contributed by atoms with E-state index in [9.17, 15) is 14.0 Å². The van der Waals surface area contributed by atoms with Crippen LogP contribution >= 0.6 is 11.6 Å². The van der Waals surface area contributed by atoms with E-state index in [1.54, 1.807) is 0 Å². The summed E-state index contributed by atoms with van der Waals surface area (Å²) in [6.45, 7) is 2.94. The molecule has 1 aliphatic carbocycles. The first-order valence-corrected chi connectivity index (χ1v) is 11.8. The molecule has 2 aliphatic rings. The topological polar surface area (TPSA) is 152 Å². The maximum absolute atomic E-state index is 13.7. The molecule has 0 saturated carbocycles. The standard InChI is InChI=1S/C24H29ClFN7O2/c25-19-4-2-17(9-20(19)26)31-22(34)23(35)32-21-15(10-30-24(28)29)8-14-7-13(1-3-18(14)21)11-33-6-5-16(27)12-33/h1-4,7,9,15-16,21H,5-6,8,10-12,27H2,(H,31,34)(H,32,35)(H4,28,29,30)/t15-,16+,21-/m1/s1. The first kappa shape index (κ1) is 24.9. The van der Waals surface area contributed by atoms with Gasteiger partial charge in [0.15, 0.2) is 5.96 Å². The Morgan fingerprint density at radius 2 is 1.97 bits per heavy atom. The van der Waals surface area contributed by atoms with Gasteiger partial charge in [-0.15, -0.1) is 0 Å². The van der Waals surface area contributed by atoms with Crippen LogP contribution in [0.25, 0.3) is 0 Å². The van der Waals surface area contributed by atoms with Crippen LogP contribution in [0, 0.1) is 11.7 Å². The van der Waals surface area contributed by atoms with Crippen molar-refractivity contribution in [2.45, 2.75) is 31.5 Å². The average molecular weight is 502 g/mol. The lowest BCUT2D eigenvalue weighted by Crippen LogP contribution is -2.40. The number of halogens is 2. The third-order valence-electron chi connectivity index (χ3n) is 6.39. The molecule has 2 amide bonds. The molecule has 2 aromatic carbocycles. The van der Waals surface area contributed by atoms with Crippen LogP contribution in [0.5, 0.6) is 0 Å². The summed E-state index contributed by atoms with van der Waals surface area (Å²) < 4.78 is 13.7. The van der Waals surface area contributed by atoms with Crippen molar-refractivity contribution < 1.29 is 14.0 Å². The Morgan fingerprint density at radius 1 is 1.17 bits per heavy atom. The summed E-state index contributed by atoms with van der Waals surface area (Å²) in [6.07, 6.45) is 1.64. The molecule has 1 fully saturated rings. The molecule has 0 radical (unpaired) electrons. The first-order valence-electron chi connectivity index (χ1n) is 11.4. The number of likely N-dealkylation sites (tertiary alicyclic amines) is 1. The van der Waals surface area contributed by atoms with Crippen LogP contribution in [0.4, 0.5) is 10.1 Å². The number of nitrogens with zero attached hydrogens (tertiary/aromatic N) is 2. The second-order valence-electron chi connectivity index (χ2n) is 9.08. The summed E-state index contributed by atoms with van der Waals surface area (Å²) in [7, 11) is 0. The molecule has 1 heterocycles. The van der Waals surface area contributed by atoms with Gasteiger partial charge in [0.25, 0.3) is 0 Å². The Morgan fingerprint density at radius 3 is 2.66 bits per heavy atom. The van der Waals surface area contributed by atoms with E-state index in [4.69, 9.17) is 28.8 Å². The minimum absolute atomic E-state index is 0.0420. The van der Waals surface area contributed by atoms with Gasteiger partial charge in [0.05, 0.1) is 11.1 Å². The van der Waals surface area contributed by atoms with Crippen LogP contribution in [-0.4, -0.2) is 48.3 Å². The number of nitrogens with two attached hydrogens (primary N) is 3. The zero-order valence-corrected chi connectivity index (χ0v) is 19.9. The highest BCUT2D eigenvalue weighted by molar-refractivity contribution is 6.39. The van der Waals surface area contributed by atoms with E-state index in [-0.39, 0.29) is 28.6 Å². The normalized spacial score (nSPS) is 21.4. The van der Waals surface area contributed by atoms with Gasteiger partial charge >= 0.3 is 11.8 Å². The number of aliphatic imine (C=N–C) groups is 1. The lowest BCUT2D eigenvalue weighted by atomic mass is 10.0. The third kappa shape index (κ3) is 6.08. The minimum Gasteiger partial charge on any atom is -0.370 e. The molecule has 1 aliphatic heterocycles. The first-order chi connectivity index (χ1) is 16.7. The molecule has 35 heavy (non-hydrogen) atoms. The zero-order valence-electron chi connectivity index (χ0n) is 19.1. The van der Waals surface area contributed by atoms with Crippen LogP contribution in [-0.2, 0) is 22.6 Å². The van der Waals surface area contributed by atoms with Crippen molar-refractivity contribution in [1.29, 1.82) is 0 Å². The zero-order chi connectivity index (χ0) is 25.1. The molecule has 186 valence electrons. The quantitative estimate of drug-likeness (QED) is 0.228. The van der Waals surface area contributed by atoms with Crippen molar-refractivity contribution in [1.82, 2.24) is 10.2 Å². The maximum atomic E-state index is 13.7. The summed E-state index contributed by atoms with van der Waals surface area (Å²) >= 11 is 5.67. The van der Waals surface area contributed by atoms with E-state index in [0.717, 1.165) is 48.8 Å². The van der Waals surface area contributed by atoms with Crippen LogP contribution in [0.2, 0.25) is 5.02 Å². The second kappa shape index (κ2) is 10.6. The van der Waals surface area contributed by atoms with Crippen LogP contribution in [0.15, 0.2) is 41.4 Å². The van der Waals surface area contributed by atoms with Crippen molar-refractivity contribution in [2.75, 3.05) is 25.0 Å². The number of amides is 2. The van der Waals surface area contributed by atoms with Crippen LogP contribution in [0.3, 0.4) is 0 Å². The van der Waals surface area contributed by atoms with E-state index in [1.807, 2.05) is 12.1 Å². The molecule has 0 unspecified atom stereocenters. The van der Waals surface area contributed by atoms with Gasteiger partial charge in [0.2, 0.25) is 0 Å². The lowest BCUT2D eigenvalue weighted by molar-refractivity contribution is -0.136. The second-order valence-corrected chi connectivity index (χ2v) is 9.49. The SMILES string of the molecule is NC(N)=NC[C@H]1Cc2cc(CN3CC[C@H](N)C3)ccc2[C@@H]1NC(=O)C(=O)Nc1ccc(Cl)c(F)c1. The van der Waals surface area contributed by atoms with Gasteiger partial charge in [-0.3, -0.25) is 19.5 Å². The van der Waals surface area contributed by atoms with E-state index in [1.165, 1.54) is 12.1 Å². The molecule has 4 rings (SSSR count). The molecule has 0 aromatic heterocycles. The smallest absolute Gasteiger partial charge is 0.313 e. The van der Waals surface area contributed by atoms with Crippen molar-refractivity contribution >= 4 is 35.1 Å². The predicted molar refractivity (Wildman–Crippen MR) is 133 cm³/mol. The fourth-order valence-corrected chi connectivity index (χ4v) is 4.83. The van der Waals surface area contributed by atoms with Gasteiger partial charge in [0.1, 0.15) is 5.82 Å². The molecule has 9 nitrogen and oxygen atoms in total. The van der Waals surface area contributed by atoms with E-state index in [0.29, 0.717) is 13.0 Å². The fourth-order valence-electron chi connectivity index (χ4n) is 4.71. The maximum Gasteiger partial charge on any atom is 0.313 e. The fraction of sp³-hybridized carbons (Fsp3) is 0.375. The number of guanidine groups is 1. The molecular weight excluding hydrogens is 473 g/mol. The van der Waals surface area contributed by atoms with Gasteiger partial charge in [-0.2, -0.15) is 0 Å². The highest BCUT2D eigenvalue weighted by atomic mass is 35.5. The highest BCUT2D eigenvalue weighted by Crippen LogP contribution is 2.37. The Bertz CT molecular complexity index is 1150. The Hall–Kier alpha value is -3.21. The van der Waals surface area contributed by atoms with Gasteiger partial charge < -0.3 is 27.8 Å². The number of anilines is 1. The molecule has 2 aromatic rings. The minimum atomic E-state index is -0.914.